The zero-order valence-electron chi connectivity index (χ0n) is 17.0. The second-order valence-corrected chi connectivity index (χ2v) is 7.03. The van der Waals surface area contributed by atoms with Crippen LogP contribution < -0.4 is 19.6 Å². The van der Waals surface area contributed by atoms with Crippen LogP contribution in [0.15, 0.2) is 46.0 Å². The fraction of sp³-hybridized carbons (Fsp3) is 0.364. The van der Waals surface area contributed by atoms with E-state index in [0.29, 0.717) is 36.9 Å². The van der Waals surface area contributed by atoms with Crippen molar-refractivity contribution in [3.05, 3.63) is 52.0 Å². The van der Waals surface area contributed by atoms with Crippen molar-refractivity contribution in [2.75, 3.05) is 19.8 Å². The summed E-state index contributed by atoms with van der Waals surface area (Å²) in [6, 6.07) is 10.7. The SMILES string of the molecule is CCCOc1ccc(/C=N/NC(=O)c2ccc(OCCC)c(OCC)c2)cc1Br. The minimum absolute atomic E-state index is 0.328. The van der Waals surface area contributed by atoms with Crippen LogP contribution in [-0.2, 0) is 0 Å². The fourth-order valence-electron chi connectivity index (χ4n) is 2.41. The van der Waals surface area contributed by atoms with Gasteiger partial charge in [0.15, 0.2) is 11.5 Å². The molecule has 2 aromatic carbocycles. The van der Waals surface area contributed by atoms with Crippen LogP contribution in [0.5, 0.6) is 17.2 Å². The summed E-state index contributed by atoms with van der Waals surface area (Å²) >= 11 is 3.48. The highest BCUT2D eigenvalue weighted by Gasteiger charge is 2.11. The third-order valence-electron chi connectivity index (χ3n) is 3.76. The number of hydrogen-bond donors (Lipinski definition) is 1. The Bertz CT molecular complexity index is 840. The van der Waals surface area contributed by atoms with E-state index >= 15 is 0 Å². The smallest absolute Gasteiger partial charge is 0.271 e. The molecule has 0 fully saturated rings. The number of nitrogens with one attached hydrogen (secondary N) is 1. The topological polar surface area (TPSA) is 69.2 Å². The summed E-state index contributed by atoms with van der Waals surface area (Å²) in [5.74, 6) is 1.63. The molecule has 7 heteroatoms. The molecule has 0 bridgehead atoms. The van der Waals surface area contributed by atoms with E-state index in [1.165, 1.54) is 0 Å². The predicted molar refractivity (Wildman–Crippen MR) is 118 cm³/mol. The molecule has 0 saturated heterocycles. The highest BCUT2D eigenvalue weighted by molar-refractivity contribution is 9.10. The highest BCUT2D eigenvalue weighted by atomic mass is 79.9. The molecular formula is C22H27BrN2O4. The van der Waals surface area contributed by atoms with Crippen molar-refractivity contribution in [2.24, 2.45) is 5.10 Å². The molecule has 2 aromatic rings. The number of rotatable bonds is 11. The third-order valence-corrected chi connectivity index (χ3v) is 4.38. The molecule has 0 aliphatic rings. The number of ether oxygens (including phenoxy) is 3. The molecule has 156 valence electrons. The van der Waals surface area contributed by atoms with Crippen LogP contribution in [0, 0.1) is 0 Å². The maximum Gasteiger partial charge on any atom is 0.271 e. The van der Waals surface area contributed by atoms with Crippen LogP contribution in [0.25, 0.3) is 0 Å². The summed E-state index contributed by atoms with van der Waals surface area (Å²) in [5, 5.41) is 4.04. The van der Waals surface area contributed by atoms with E-state index in [0.717, 1.165) is 28.6 Å². The van der Waals surface area contributed by atoms with Gasteiger partial charge in [0.05, 0.1) is 30.5 Å². The van der Waals surface area contributed by atoms with E-state index in [1.54, 1.807) is 24.4 Å². The first-order valence-electron chi connectivity index (χ1n) is 9.74. The minimum Gasteiger partial charge on any atom is -0.492 e. The highest BCUT2D eigenvalue weighted by Crippen LogP contribution is 2.29. The van der Waals surface area contributed by atoms with E-state index in [2.05, 4.69) is 33.4 Å². The van der Waals surface area contributed by atoms with Gasteiger partial charge in [0, 0.05) is 5.56 Å². The van der Waals surface area contributed by atoms with E-state index < -0.39 is 0 Å². The molecule has 0 aromatic heterocycles. The molecule has 1 amide bonds. The summed E-state index contributed by atoms with van der Waals surface area (Å²) < 4.78 is 17.7. The monoisotopic (exact) mass is 462 g/mol. The lowest BCUT2D eigenvalue weighted by Gasteiger charge is -2.12. The molecule has 0 spiro atoms. The van der Waals surface area contributed by atoms with Crippen LogP contribution in [0.3, 0.4) is 0 Å². The molecular weight excluding hydrogens is 436 g/mol. The third kappa shape index (κ3) is 7.09. The maximum absolute atomic E-state index is 12.4. The molecule has 0 unspecified atom stereocenters. The maximum atomic E-state index is 12.4. The first-order valence-corrected chi connectivity index (χ1v) is 10.5. The Hall–Kier alpha value is -2.54. The van der Waals surface area contributed by atoms with E-state index in [1.807, 2.05) is 32.0 Å². The lowest BCUT2D eigenvalue weighted by Crippen LogP contribution is -2.17. The van der Waals surface area contributed by atoms with Gasteiger partial charge in [0.1, 0.15) is 5.75 Å². The van der Waals surface area contributed by atoms with Crippen molar-refractivity contribution < 1.29 is 19.0 Å². The van der Waals surface area contributed by atoms with Gasteiger partial charge >= 0.3 is 0 Å². The Balaban J connectivity index is 2.02. The Morgan fingerprint density at radius 3 is 2.31 bits per heavy atom. The van der Waals surface area contributed by atoms with E-state index in [4.69, 9.17) is 14.2 Å². The van der Waals surface area contributed by atoms with Gasteiger partial charge in [0.25, 0.3) is 5.91 Å². The van der Waals surface area contributed by atoms with Gasteiger partial charge in [-0.1, -0.05) is 13.8 Å². The van der Waals surface area contributed by atoms with Crippen molar-refractivity contribution >= 4 is 28.1 Å². The normalized spacial score (nSPS) is 10.8. The molecule has 0 aliphatic heterocycles. The summed E-state index contributed by atoms with van der Waals surface area (Å²) in [6.45, 7) is 7.71. The Kier molecular flexibility index (Phi) is 9.50. The number of carbonyl (C=O) groups is 1. The number of nitrogens with zero attached hydrogens (tertiary/aromatic N) is 1. The van der Waals surface area contributed by atoms with Crippen molar-refractivity contribution in [1.82, 2.24) is 5.43 Å². The van der Waals surface area contributed by atoms with Gasteiger partial charge in [-0.2, -0.15) is 5.10 Å². The number of hydrazone groups is 1. The van der Waals surface area contributed by atoms with E-state index in [-0.39, 0.29) is 5.91 Å². The summed E-state index contributed by atoms with van der Waals surface area (Å²) in [6.07, 6.45) is 3.41. The zero-order valence-corrected chi connectivity index (χ0v) is 18.6. The number of benzene rings is 2. The standard InChI is InChI=1S/C22H27BrN2O4/c1-4-11-28-19-9-7-16(13-18(19)23)15-24-25-22(26)17-8-10-20(29-12-5-2)21(14-17)27-6-3/h7-10,13-15H,4-6,11-12H2,1-3H3,(H,25,26)/b24-15+. The first-order chi connectivity index (χ1) is 14.1. The quantitative estimate of drug-likeness (QED) is 0.368. The van der Waals surface area contributed by atoms with Gasteiger partial charge in [0.2, 0.25) is 0 Å². The Morgan fingerprint density at radius 2 is 1.66 bits per heavy atom. The second kappa shape index (κ2) is 12.1. The largest absolute Gasteiger partial charge is 0.492 e. The minimum atomic E-state index is -0.328. The molecule has 2 rings (SSSR count). The van der Waals surface area contributed by atoms with Crippen LogP contribution in [0.1, 0.15) is 49.5 Å². The van der Waals surface area contributed by atoms with Crippen LogP contribution >= 0.6 is 15.9 Å². The van der Waals surface area contributed by atoms with Gasteiger partial charge in [-0.15, -0.1) is 0 Å². The van der Waals surface area contributed by atoms with Gasteiger partial charge < -0.3 is 14.2 Å². The molecule has 0 atom stereocenters. The lowest BCUT2D eigenvalue weighted by atomic mass is 10.2. The summed E-state index contributed by atoms with van der Waals surface area (Å²) in [5.41, 5.74) is 3.81. The van der Waals surface area contributed by atoms with Crippen LogP contribution in [0.4, 0.5) is 0 Å². The zero-order chi connectivity index (χ0) is 21.1. The number of carbonyl (C=O) groups excluding carboxylic acids is 1. The molecule has 0 radical (unpaired) electrons. The average Bonchev–Trinajstić information content (AvgIpc) is 2.72. The number of amides is 1. The van der Waals surface area contributed by atoms with Gasteiger partial charge in [-0.3, -0.25) is 4.79 Å². The van der Waals surface area contributed by atoms with Crippen molar-refractivity contribution in [1.29, 1.82) is 0 Å². The Labute approximate surface area is 180 Å². The van der Waals surface area contributed by atoms with Crippen LogP contribution in [0.2, 0.25) is 0 Å². The summed E-state index contributed by atoms with van der Waals surface area (Å²) in [7, 11) is 0. The first kappa shape index (κ1) is 22.7. The van der Waals surface area contributed by atoms with E-state index in [9.17, 15) is 4.79 Å². The second-order valence-electron chi connectivity index (χ2n) is 6.18. The summed E-state index contributed by atoms with van der Waals surface area (Å²) in [4.78, 5) is 12.4. The van der Waals surface area contributed by atoms with Crippen molar-refractivity contribution in [2.45, 2.75) is 33.6 Å². The van der Waals surface area contributed by atoms with Crippen LogP contribution in [-0.4, -0.2) is 31.9 Å². The molecule has 0 aliphatic carbocycles. The molecule has 1 N–H and O–H groups in total. The molecule has 29 heavy (non-hydrogen) atoms. The van der Waals surface area contributed by atoms with Crippen molar-refractivity contribution in [3.8, 4) is 17.2 Å². The average molecular weight is 463 g/mol. The van der Waals surface area contributed by atoms with Crippen molar-refractivity contribution in [3.63, 3.8) is 0 Å². The van der Waals surface area contributed by atoms with Gasteiger partial charge in [-0.25, -0.2) is 5.43 Å². The Morgan fingerprint density at radius 1 is 0.966 bits per heavy atom. The predicted octanol–water partition coefficient (Wildman–Crippen LogP) is 5.19. The molecule has 0 saturated carbocycles. The molecule has 6 nitrogen and oxygen atoms in total. The lowest BCUT2D eigenvalue weighted by molar-refractivity contribution is 0.0954. The fourth-order valence-corrected chi connectivity index (χ4v) is 2.92. The number of hydrogen-bond acceptors (Lipinski definition) is 5. The molecule has 0 heterocycles. The van der Waals surface area contributed by atoms with Gasteiger partial charge in [-0.05, 0) is 77.7 Å². The number of halogens is 1.